The molecule has 0 spiro atoms. The van der Waals surface area contributed by atoms with E-state index in [1.807, 2.05) is 6.92 Å². The van der Waals surface area contributed by atoms with Crippen LogP contribution >= 0.6 is 11.6 Å². The molecule has 10 heteroatoms. The largest absolute Gasteiger partial charge is 0.493 e. The van der Waals surface area contributed by atoms with Gasteiger partial charge in [-0.15, -0.1) is 0 Å². The Bertz CT molecular complexity index is 1350. The molecule has 4 N–H and O–H groups in total. The quantitative estimate of drug-likeness (QED) is 0.383. The summed E-state index contributed by atoms with van der Waals surface area (Å²) in [7, 11) is 1.51. The number of fused-ring (bicyclic) bond motifs is 1. The average Bonchev–Trinajstić information content (AvgIpc) is 3.10. The standard InChI is InChI=1S/C20H16ClN7O2/c1-10-6-7-15(24-14(10)9-22)25-16-8-13(17-19(26-16)27-28-20(17)29)23-12-5-3-4-11(21)18(12)30-2/h3-8H,1-2H3,(H4,23,24,25,26,27,28,29). The SMILES string of the molecule is COc1c(Cl)cccc1Nc1cc(Nc2ccc(C)c(C#N)n2)nc2[nH][nH]c(=O)c12. The van der Waals surface area contributed by atoms with Gasteiger partial charge in [-0.1, -0.05) is 23.7 Å². The molecule has 0 saturated heterocycles. The topological polar surface area (TPSA) is 132 Å². The number of pyridine rings is 2. The minimum Gasteiger partial charge on any atom is -0.493 e. The van der Waals surface area contributed by atoms with E-state index < -0.39 is 0 Å². The van der Waals surface area contributed by atoms with Gasteiger partial charge in [0.25, 0.3) is 5.56 Å². The number of hydrogen-bond acceptors (Lipinski definition) is 7. The molecule has 0 unspecified atom stereocenters. The maximum Gasteiger partial charge on any atom is 0.275 e. The Balaban J connectivity index is 1.79. The smallest absolute Gasteiger partial charge is 0.275 e. The lowest BCUT2D eigenvalue weighted by atomic mass is 10.2. The van der Waals surface area contributed by atoms with Gasteiger partial charge in [-0.2, -0.15) is 5.26 Å². The van der Waals surface area contributed by atoms with E-state index in [9.17, 15) is 10.1 Å². The van der Waals surface area contributed by atoms with E-state index in [1.54, 1.807) is 36.4 Å². The molecule has 0 atom stereocenters. The fraction of sp³-hybridized carbons (Fsp3) is 0.100. The first-order chi connectivity index (χ1) is 14.5. The van der Waals surface area contributed by atoms with Crippen molar-refractivity contribution in [1.29, 1.82) is 5.26 Å². The van der Waals surface area contributed by atoms with Crippen molar-refractivity contribution in [2.45, 2.75) is 6.92 Å². The molecular weight excluding hydrogens is 406 g/mol. The number of methoxy groups -OCH3 is 1. The maximum atomic E-state index is 12.3. The lowest BCUT2D eigenvalue weighted by Crippen LogP contribution is -2.05. The lowest BCUT2D eigenvalue weighted by Gasteiger charge is -2.14. The molecule has 0 aliphatic carbocycles. The number of nitrogens with zero attached hydrogens (tertiary/aromatic N) is 3. The summed E-state index contributed by atoms with van der Waals surface area (Å²) in [6, 6.07) is 12.5. The highest BCUT2D eigenvalue weighted by molar-refractivity contribution is 6.32. The van der Waals surface area contributed by atoms with Crippen LogP contribution in [-0.4, -0.2) is 27.3 Å². The molecular formula is C20H16ClN7O2. The van der Waals surface area contributed by atoms with E-state index >= 15 is 0 Å². The molecule has 4 aromatic rings. The van der Waals surface area contributed by atoms with E-state index in [2.05, 4.69) is 36.9 Å². The van der Waals surface area contributed by atoms with Crippen LogP contribution in [0.3, 0.4) is 0 Å². The predicted octanol–water partition coefficient (Wildman–Crippen LogP) is 3.98. The highest BCUT2D eigenvalue weighted by atomic mass is 35.5. The lowest BCUT2D eigenvalue weighted by molar-refractivity contribution is 0.417. The molecule has 150 valence electrons. The summed E-state index contributed by atoms with van der Waals surface area (Å²) in [6.07, 6.45) is 0. The predicted molar refractivity (Wildman–Crippen MR) is 115 cm³/mol. The number of benzene rings is 1. The van der Waals surface area contributed by atoms with Crippen LogP contribution in [0.5, 0.6) is 5.75 Å². The number of H-pyrrole nitrogens is 2. The summed E-state index contributed by atoms with van der Waals surface area (Å²) < 4.78 is 5.37. The van der Waals surface area contributed by atoms with Gasteiger partial charge in [0.2, 0.25) is 0 Å². The molecule has 3 aromatic heterocycles. The first-order valence-electron chi connectivity index (χ1n) is 8.86. The summed E-state index contributed by atoms with van der Waals surface area (Å²) in [5.74, 6) is 1.32. The second-order valence-corrected chi connectivity index (χ2v) is 6.81. The fourth-order valence-corrected chi connectivity index (χ4v) is 3.26. The van der Waals surface area contributed by atoms with Crippen LogP contribution < -0.4 is 20.9 Å². The second kappa shape index (κ2) is 7.77. The number of aromatic amines is 2. The van der Waals surface area contributed by atoms with Crippen molar-refractivity contribution < 1.29 is 4.74 Å². The number of hydrogen-bond donors (Lipinski definition) is 4. The van der Waals surface area contributed by atoms with Crippen LogP contribution in [0.1, 0.15) is 11.3 Å². The molecule has 0 bridgehead atoms. The van der Waals surface area contributed by atoms with Crippen molar-refractivity contribution in [3.8, 4) is 11.8 Å². The van der Waals surface area contributed by atoms with Gasteiger partial charge in [-0.3, -0.25) is 15.0 Å². The van der Waals surface area contributed by atoms with E-state index in [-0.39, 0.29) is 5.56 Å². The van der Waals surface area contributed by atoms with Gasteiger partial charge < -0.3 is 15.4 Å². The number of aryl methyl sites for hydroxylation is 1. The molecule has 9 nitrogen and oxygen atoms in total. The zero-order valence-electron chi connectivity index (χ0n) is 16.0. The van der Waals surface area contributed by atoms with E-state index in [0.29, 0.717) is 50.5 Å². The number of para-hydroxylation sites is 1. The highest BCUT2D eigenvalue weighted by Crippen LogP contribution is 2.36. The van der Waals surface area contributed by atoms with Gasteiger partial charge in [0.05, 0.1) is 23.5 Å². The fourth-order valence-electron chi connectivity index (χ4n) is 3.01. The van der Waals surface area contributed by atoms with Crippen molar-refractivity contribution >= 4 is 45.6 Å². The summed E-state index contributed by atoms with van der Waals surface area (Å²) in [4.78, 5) is 21.0. The molecule has 0 radical (unpaired) electrons. The normalized spacial score (nSPS) is 10.6. The minimum atomic E-state index is -0.326. The summed E-state index contributed by atoms with van der Waals surface area (Å²) in [5.41, 5.74) is 2.19. The molecule has 4 rings (SSSR count). The average molecular weight is 422 g/mol. The van der Waals surface area contributed by atoms with Crippen molar-refractivity contribution in [2.24, 2.45) is 0 Å². The Kier molecular flexibility index (Phi) is 5.00. The number of ether oxygens (including phenoxy) is 1. The molecule has 0 fully saturated rings. The molecule has 0 amide bonds. The number of nitriles is 1. The second-order valence-electron chi connectivity index (χ2n) is 6.40. The van der Waals surface area contributed by atoms with Gasteiger partial charge in [-0.25, -0.2) is 9.97 Å². The Hall–Kier alpha value is -4.03. The Labute approximate surface area is 175 Å². The number of aromatic nitrogens is 4. The van der Waals surface area contributed by atoms with Gasteiger partial charge in [0, 0.05) is 6.07 Å². The Morgan fingerprint density at radius 1 is 1.10 bits per heavy atom. The third-order valence-electron chi connectivity index (χ3n) is 4.44. The molecule has 0 saturated carbocycles. The first-order valence-corrected chi connectivity index (χ1v) is 9.23. The van der Waals surface area contributed by atoms with Crippen molar-refractivity contribution in [2.75, 3.05) is 17.7 Å². The number of rotatable bonds is 5. The van der Waals surface area contributed by atoms with Crippen LogP contribution in [0.15, 0.2) is 41.2 Å². The van der Waals surface area contributed by atoms with E-state index in [4.69, 9.17) is 16.3 Å². The number of nitrogens with one attached hydrogen (secondary N) is 4. The molecule has 3 heterocycles. The minimum absolute atomic E-state index is 0.318. The summed E-state index contributed by atoms with van der Waals surface area (Å²) in [5, 5.41) is 21.5. The molecule has 1 aromatic carbocycles. The number of anilines is 4. The maximum absolute atomic E-state index is 12.3. The van der Waals surface area contributed by atoms with Gasteiger partial charge in [-0.05, 0) is 30.7 Å². The monoisotopic (exact) mass is 421 g/mol. The van der Waals surface area contributed by atoms with Crippen molar-refractivity contribution in [1.82, 2.24) is 20.2 Å². The molecule has 0 aliphatic rings. The third kappa shape index (κ3) is 3.52. The van der Waals surface area contributed by atoms with Crippen molar-refractivity contribution in [3.05, 3.63) is 63.0 Å². The molecule has 0 aliphatic heterocycles. The zero-order valence-corrected chi connectivity index (χ0v) is 16.8. The van der Waals surface area contributed by atoms with Crippen LogP contribution in [0, 0.1) is 18.3 Å². The van der Waals surface area contributed by atoms with E-state index in [0.717, 1.165) is 5.56 Å². The van der Waals surface area contributed by atoms with Crippen LogP contribution in [0.4, 0.5) is 23.0 Å². The van der Waals surface area contributed by atoms with Gasteiger partial charge in [0.1, 0.15) is 28.8 Å². The molecule has 30 heavy (non-hydrogen) atoms. The zero-order chi connectivity index (χ0) is 21.3. The Morgan fingerprint density at radius 2 is 1.93 bits per heavy atom. The number of halogens is 1. The van der Waals surface area contributed by atoms with Gasteiger partial charge >= 0.3 is 0 Å². The summed E-state index contributed by atoms with van der Waals surface area (Å²) >= 11 is 6.21. The third-order valence-corrected chi connectivity index (χ3v) is 4.74. The van der Waals surface area contributed by atoms with Crippen LogP contribution in [0.25, 0.3) is 11.0 Å². The van der Waals surface area contributed by atoms with Crippen LogP contribution in [0.2, 0.25) is 5.02 Å². The van der Waals surface area contributed by atoms with E-state index in [1.165, 1.54) is 7.11 Å². The first kappa shape index (κ1) is 19.3. The highest BCUT2D eigenvalue weighted by Gasteiger charge is 2.15. The van der Waals surface area contributed by atoms with Crippen molar-refractivity contribution in [3.63, 3.8) is 0 Å². The Morgan fingerprint density at radius 3 is 2.70 bits per heavy atom. The van der Waals surface area contributed by atoms with Gasteiger partial charge in [0.15, 0.2) is 11.4 Å². The van der Waals surface area contributed by atoms with Crippen LogP contribution in [-0.2, 0) is 0 Å². The summed E-state index contributed by atoms with van der Waals surface area (Å²) in [6.45, 7) is 1.81.